The predicted molar refractivity (Wildman–Crippen MR) is 128 cm³/mol. The van der Waals surface area contributed by atoms with Gasteiger partial charge in [-0.25, -0.2) is 9.98 Å². The Morgan fingerprint density at radius 1 is 1.36 bits per heavy atom. The predicted octanol–water partition coefficient (Wildman–Crippen LogP) is 2.32. The van der Waals surface area contributed by atoms with E-state index in [1.54, 1.807) is 18.4 Å². The average Bonchev–Trinajstić information content (AvgIpc) is 3.11. The van der Waals surface area contributed by atoms with Gasteiger partial charge in [0.25, 0.3) is 0 Å². The number of likely N-dealkylation sites (tertiary alicyclic amines) is 1. The summed E-state index contributed by atoms with van der Waals surface area (Å²) in [6, 6.07) is 0.380. The Balaban J connectivity index is 0.00000392. The molecule has 0 aromatic carbocycles. The summed E-state index contributed by atoms with van der Waals surface area (Å²) in [6.07, 6.45) is 2.01. The molecule has 9 heteroatoms. The molecule has 0 atom stereocenters. The zero-order chi connectivity index (χ0) is 19.9. The normalized spacial score (nSPS) is 16.4. The summed E-state index contributed by atoms with van der Waals surface area (Å²) in [7, 11) is 1.68. The lowest BCUT2D eigenvalue weighted by molar-refractivity contribution is -0.122. The number of thiazole rings is 1. The highest BCUT2D eigenvalue weighted by Gasteiger charge is 2.21. The number of carbonyl (C=O) groups excluding carboxylic acids is 1. The molecule has 1 saturated heterocycles. The molecule has 0 saturated carbocycles. The van der Waals surface area contributed by atoms with Gasteiger partial charge < -0.3 is 16.0 Å². The average molecular weight is 523 g/mol. The Hall–Kier alpha value is -0.940. The lowest BCUT2D eigenvalue weighted by Gasteiger charge is -2.32. The number of nitrogens with zero attached hydrogens (tertiary/aromatic N) is 3. The number of rotatable bonds is 6. The van der Waals surface area contributed by atoms with Gasteiger partial charge in [-0.15, -0.1) is 35.3 Å². The molecule has 2 heterocycles. The molecule has 0 radical (unpaired) electrons. The van der Waals surface area contributed by atoms with E-state index in [-0.39, 0.29) is 35.3 Å². The molecule has 7 nitrogen and oxygen atoms in total. The standard InChI is InChI=1S/C19H34N6OS.HI/c1-6-21-18(22-11-17-24-15(13-27-17)19(2,3)4)23-14-7-9-25(10-8-14)12-16(26)20-5;/h13-14H,6-12H2,1-5H3,(H,20,26)(H2,21,22,23);1H. The summed E-state index contributed by atoms with van der Waals surface area (Å²) < 4.78 is 0. The molecule has 2 rings (SSSR count). The van der Waals surface area contributed by atoms with Gasteiger partial charge in [-0.05, 0) is 19.8 Å². The summed E-state index contributed by atoms with van der Waals surface area (Å²) in [5, 5.41) is 12.7. The van der Waals surface area contributed by atoms with Crippen LogP contribution in [0.5, 0.6) is 0 Å². The number of piperidine rings is 1. The number of carbonyl (C=O) groups is 1. The van der Waals surface area contributed by atoms with Crippen LogP contribution in [0.25, 0.3) is 0 Å². The number of aliphatic imine (C=N–C) groups is 1. The van der Waals surface area contributed by atoms with E-state index >= 15 is 0 Å². The maximum atomic E-state index is 11.5. The monoisotopic (exact) mass is 522 g/mol. The lowest BCUT2D eigenvalue weighted by atomic mass is 9.93. The van der Waals surface area contributed by atoms with Gasteiger partial charge in [-0.3, -0.25) is 9.69 Å². The molecule has 160 valence electrons. The third-order valence-electron chi connectivity index (χ3n) is 4.61. The van der Waals surface area contributed by atoms with E-state index in [9.17, 15) is 4.79 Å². The molecule has 1 fully saturated rings. The molecule has 3 N–H and O–H groups in total. The van der Waals surface area contributed by atoms with E-state index in [1.165, 1.54) is 0 Å². The Morgan fingerprint density at radius 3 is 2.57 bits per heavy atom. The number of guanidine groups is 1. The molecule has 1 aromatic heterocycles. The van der Waals surface area contributed by atoms with Crippen LogP contribution in [0.15, 0.2) is 10.4 Å². The van der Waals surface area contributed by atoms with Crippen LogP contribution in [0, 0.1) is 0 Å². The number of hydrogen-bond donors (Lipinski definition) is 3. The highest BCUT2D eigenvalue weighted by atomic mass is 127. The van der Waals surface area contributed by atoms with E-state index in [0.717, 1.165) is 49.1 Å². The van der Waals surface area contributed by atoms with E-state index in [2.05, 4.69) is 53.9 Å². The molecule has 0 unspecified atom stereocenters. The first-order valence-corrected chi connectivity index (χ1v) is 10.6. The van der Waals surface area contributed by atoms with Crippen molar-refractivity contribution in [2.24, 2.45) is 4.99 Å². The maximum absolute atomic E-state index is 11.5. The van der Waals surface area contributed by atoms with Crippen molar-refractivity contribution < 1.29 is 4.79 Å². The molecule has 28 heavy (non-hydrogen) atoms. The summed E-state index contributed by atoms with van der Waals surface area (Å²) >= 11 is 1.67. The van der Waals surface area contributed by atoms with Crippen molar-refractivity contribution >= 4 is 47.2 Å². The number of amides is 1. The molecular weight excluding hydrogens is 487 g/mol. The largest absolute Gasteiger partial charge is 0.358 e. The van der Waals surface area contributed by atoms with Gasteiger partial charge in [0.15, 0.2) is 5.96 Å². The smallest absolute Gasteiger partial charge is 0.233 e. The summed E-state index contributed by atoms with van der Waals surface area (Å²) in [6.45, 7) is 12.4. The van der Waals surface area contributed by atoms with Crippen molar-refractivity contribution in [3.05, 3.63) is 16.1 Å². The van der Waals surface area contributed by atoms with Crippen LogP contribution in [-0.4, -0.2) is 61.0 Å². The Morgan fingerprint density at radius 2 is 2.04 bits per heavy atom. The Labute approximate surface area is 190 Å². The SMILES string of the molecule is CCNC(=NCc1nc(C(C)(C)C)cs1)NC1CCN(CC(=O)NC)CC1.I. The lowest BCUT2D eigenvalue weighted by Crippen LogP contribution is -2.50. The highest BCUT2D eigenvalue weighted by molar-refractivity contribution is 14.0. The first-order chi connectivity index (χ1) is 12.8. The van der Waals surface area contributed by atoms with Crippen molar-refractivity contribution in [1.82, 2.24) is 25.8 Å². The van der Waals surface area contributed by atoms with E-state index in [4.69, 9.17) is 9.98 Å². The van der Waals surface area contributed by atoms with Gasteiger partial charge in [-0.1, -0.05) is 20.8 Å². The quantitative estimate of drug-likeness (QED) is 0.304. The second-order valence-electron chi connectivity index (χ2n) is 7.94. The Kier molecular flexibility index (Phi) is 10.7. The highest BCUT2D eigenvalue weighted by Crippen LogP contribution is 2.24. The van der Waals surface area contributed by atoms with E-state index in [1.807, 2.05) is 0 Å². The second kappa shape index (κ2) is 11.9. The molecule has 0 bridgehead atoms. The minimum atomic E-state index is 0. The van der Waals surface area contributed by atoms with Crippen molar-refractivity contribution in [1.29, 1.82) is 0 Å². The zero-order valence-electron chi connectivity index (χ0n) is 17.7. The fourth-order valence-electron chi connectivity index (χ4n) is 2.91. The van der Waals surface area contributed by atoms with Crippen LogP contribution >= 0.6 is 35.3 Å². The fourth-order valence-corrected chi connectivity index (χ4v) is 3.85. The topological polar surface area (TPSA) is 81.7 Å². The molecule has 0 aliphatic carbocycles. The van der Waals surface area contributed by atoms with Gasteiger partial charge in [0, 0.05) is 43.5 Å². The summed E-state index contributed by atoms with van der Waals surface area (Å²) in [5.74, 6) is 0.921. The third-order valence-corrected chi connectivity index (χ3v) is 5.44. The third kappa shape index (κ3) is 8.20. The van der Waals surface area contributed by atoms with Crippen molar-refractivity contribution in [2.45, 2.75) is 58.5 Å². The van der Waals surface area contributed by atoms with Gasteiger partial charge in [0.05, 0.1) is 18.8 Å². The molecule has 1 aliphatic heterocycles. The second-order valence-corrected chi connectivity index (χ2v) is 8.88. The van der Waals surface area contributed by atoms with Crippen LogP contribution in [0.2, 0.25) is 0 Å². The van der Waals surface area contributed by atoms with E-state index in [0.29, 0.717) is 19.1 Å². The number of likely N-dealkylation sites (N-methyl/N-ethyl adjacent to an activating group) is 1. The molecular formula is C19H35IN6OS. The van der Waals surface area contributed by atoms with Crippen LogP contribution in [0.1, 0.15) is 51.2 Å². The molecule has 1 amide bonds. The van der Waals surface area contributed by atoms with Gasteiger partial charge in [0.1, 0.15) is 5.01 Å². The van der Waals surface area contributed by atoms with E-state index < -0.39 is 0 Å². The number of halogens is 1. The van der Waals surface area contributed by atoms with Gasteiger partial charge >= 0.3 is 0 Å². The van der Waals surface area contributed by atoms with Crippen molar-refractivity contribution in [2.75, 3.05) is 33.2 Å². The Bertz CT molecular complexity index is 635. The van der Waals surface area contributed by atoms with Crippen LogP contribution < -0.4 is 16.0 Å². The van der Waals surface area contributed by atoms with Crippen molar-refractivity contribution in [3.63, 3.8) is 0 Å². The first-order valence-electron chi connectivity index (χ1n) is 9.74. The minimum Gasteiger partial charge on any atom is -0.358 e. The first kappa shape index (κ1) is 25.1. The minimum absolute atomic E-state index is 0. The number of nitrogens with one attached hydrogen (secondary N) is 3. The summed E-state index contributed by atoms with van der Waals surface area (Å²) in [5.41, 5.74) is 1.20. The van der Waals surface area contributed by atoms with Crippen molar-refractivity contribution in [3.8, 4) is 0 Å². The molecule has 0 spiro atoms. The molecule has 1 aromatic rings. The number of aromatic nitrogens is 1. The molecule has 1 aliphatic rings. The van der Waals surface area contributed by atoms with Crippen LogP contribution in [0.3, 0.4) is 0 Å². The van der Waals surface area contributed by atoms with Crippen LogP contribution in [0.4, 0.5) is 0 Å². The maximum Gasteiger partial charge on any atom is 0.233 e. The summed E-state index contributed by atoms with van der Waals surface area (Å²) in [4.78, 5) is 23.1. The zero-order valence-corrected chi connectivity index (χ0v) is 20.8. The van der Waals surface area contributed by atoms with Gasteiger partial charge in [0.2, 0.25) is 5.91 Å². The number of hydrogen-bond acceptors (Lipinski definition) is 5. The van der Waals surface area contributed by atoms with Crippen LogP contribution in [-0.2, 0) is 16.8 Å². The fraction of sp³-hybridized carbons (Fsp3) is 0.737. The van der Waals surface area contributed by atoms with Gasteiger partial charge in [-0.2, -0.15) is 0 Å².